The molecular formula is C15H23N3O2. The first kappa shape index (κ1) is 14.8. The van der Waals surface area contributed by atoms with Gasteiger partial charge in [0, 0.05) is 37.3 Å². The van der Waals surface area contributed by atoms with Gasteiger partial charge in [-0.1, -0.05) is 19.9 Å². The van der Waals surface area contributed by atoms with Crippen LogP contribution >= 0.6 is 0 Å². The number of morpholine rings is 1. The molecule has 5 nitrogen and oxygen atoms in total. The van der Waals surface area contributed by atoms with Crippen LogP contribution in [-0.4, -0.2) is 37.2 Å². The highest BCUT2D eigenvalue weighted by atomic mass is 16.5. The van der Waals surface area contributed by atoms with E-state index in [2.05, 4.69) is 15.2 Å². The molecule has 1 fully saturated rings. The summed E-state index contributed by atoms with van der Waals surface area (Å²) < 4.78 is 5.37. The molecule has 5 heteroatoms. The largest absolute Gasteiger partial charge is 0.378 e. The Morgan fingerprint density at radius 1 is 1.50 bits per heavy atom. The molecule has 2 rings (SSSR count). The van der Waals surface area contributed by atoms with Crippen molar-refractivity contribution in [2.75, 3.05) is 31.2 Å². The number of amides is 1. The standard InChI is InChI=1S/C15H23N3O2/c1-3-12(2)15(19)17-11-13-5-4-6-16-14(13)18-7-9-20-10-8-18/h4-6,12H,3,7-11H2,1-2H3,(H,17,19)/t12-/m0/s1. The highest BCUT2D eigenvalue weighted by molar-refractivity contribution is 5.78. The summed E-state index contributed by atoms with van der Waals surface area (Å²) in [6.45, 7) is 7.66. The molecule has 0 aromatic carbocycles. The van der Waals surface area contributed by atoms with E-state index in [1.54, 1.807) is 6.20 Å². The summed E-state index contributed by atoms with van der Waals surface area (Å²) in [5.41, 5.74) is 1.06. The van der Waals surface area contributed by atoms with Crippen LogP contribution in [0.4, 0.5) is 5.82 Å². The first-order valence-corrected chi connectivity index (χ1v) is 7.26. The third kappa shape index (κ3) is 3.70. The fraction of sp³-hybridized carbons (Fsp3) is 0.600. The molecule has 1 saturated heterocycles. The van der Waals surface area contributed by atoms with Gasteiger partial charge in [-0.15, -0.1) is 0 Å². The number of aromatic nitrogens is 1. The summed E-state index contributed by atoms with van der Waals surface area (Å²) in [5.74, 6) is 1.11. The number of hydrogen-bond donors (Lipinski definition) is 1. The molecule has 1 amide bonds. The Labute approximate surface area is 120 Å². The molecule has 20 heavy (non-hydrogen) atoms. The van der Waals surface area contributed by atoms with Gasteiger partial charge in [0.15, 0.2) is 0 Å². The summed E-state index contributed by atoms with van der Waals surface area (Å²) in [6.07, 6.45) is 2.65. The number of nitrogens with zero attached hydrogens (tertiary/aromatic N) is 2. The van der Waals surface area contributed by atoms with Crippen LogP contribution in [-0.2, 0) is 16.1 Å². The van der Waals surface area contributed by atoms with E-state index < -0.39 is 0 Å². The van der Waals surface area contributed by atoms with Gasteiger partial charge in [0.2, 0.25) is 5.91 Å². The molecule has 0 radical (unpaired) electrons. The van der Waals surface area contributed by atoms with Gasteiger partial charge in [-0.05, 0) is 12.5 Å². The molecule has 1 atom stereocenters. The Bertz CT molecular complexity index is 444. The average Bonchev–Trinajstić information content (AvgIpc) is 2.53. The van der Waals surface area contributed by atoms with Gasteiger partial charge in [0.05, 0.1) is 13.2 Å². The van der Waals surface area contributed by atoms with Gasteiger partial charge in [0.25, 0.3) is 0 Å². The van der Waals surface area contributed by atoms with E-state index in [-0.39, 0.29) is 11.8 Å². The van der Waals surface area contributed by atoms with Crippen LogP contribution in [0.3, 0.4) is 0 Å². The molecule has 0 spiro atoms. The Balaban J connectivity index is 2.02. The lowest BCUT2D eigenvalue weighted by molar-refractivity contribution is -0.124. The number of nitrogens with one attached hydrogen (secondary N) is 1. The Morgan fingerprint density at radius 3 is 2.95 bits per heavy atom. The van der Waals surface area contributed by atoms with Crippen LogP contribution in [0.15, 0.2) is 18.3 Å². The highest BCUT2D eigenvalue weighted by Crippen LogP contribution is 2.18. The molecular weight excluding hydrogens is 254 g/mol. The third-order valence-corrected chi connectivity index (χ3v) is 3.69. The predicted octanol–water partition coefficient (Wildman–Crippen LogP) is 1.58. The van der Waals surface area contributed by atoms with Crippen LogP contribution < -0.4 is 10.2 Å². The quantitative estimate of drug-likeness (QED) is 0.888. The maximum absolute atomic E-state index is 11.9. The number of anilines is 1. The fourth-order valence-corrected chi connectivity index (χ4v) is 2.17. The van der Waals surface area contributed by atoms with Crippen LogP contribution in [0.25, 0.3) is 0 Å². The van der Waals surface area contributed by atoms with Crippen molar-refractivity contribution in [2.24, 2.45) is 5.92 Å². The third-order valence-electron chi connectivity index (χ3n) is 3.69. The molecule has 0 bridgehead atoms. The van der Waals surface area contributed by atoms with Gasteiger partial charge in [0.1, 0.15) is 5.82 Å². The Hall–Kier alpha value is -1.62. The molecule has 1 aromatic heterocycles. The second kappa shape index (κ2) is 7.24. The van der Waals surface area contributed by atoms with Crippen LogP contribution in [0.1, 0.15) is 25.8 Å². The number of carbonyl (C=O) groups is 1. The first-order valence-electron chi connectivity index (χ1n) is 7.26. The molecule has 1 N–H and O–H groups in total. The smallest absolute Gasteiger partial charge is 0.223 e. The zero-order valence-corrected chi connectivity index (χ0v) is 12.3. The summed E-state index contributed by atoms with van der Waals surface area (Å²) in [5, 5.41) is 2.99. The lowest BCUT2D eigenvalue weighted by Gasteiger charge is -2.29. The van der Waals surface area contributed by atoms with E-state index >= 15 is 0 Å². The summed E-state index contributed by atoms with van der Waals surface area (Å²) >= 11 is 0. The minimum Gasteiger partial charge on any atom is -0.378 e. The molecule has 1 aliphatic rings. The number of ether oxygens (including phenoxy) is 1. The molecule has 0 aliphatic carbocycles. The van der Waals surface area contributed by atoms with E-state index in [1.165, 1.54) is 0 Å². The van der Waals surface area contributed by atoms with Gasteiger partial charge < -0.3 is 15.0 Å². The maximum atomic E-state index is 11.9. The van der Waals surface area contributed by atoms with Gasteiger partial charge in [-0.25, -0.2) is 4.98 Å². The number of carbonyl (C=O) groups excluding carboxylic acids is 1. The highest BCUT2D eigenvalue weighted by Gasteiger charge is 2.17. The minimum atomic E-state index is 0.0542. The molecule has 110 valence electrons. The van der Waals surface area contributed by atoms with E-state index in [0.717, 1.165) is 44.1 Å². The normalized spacial score (nSPS) is 16.8. The van der Waals surface area contributed by atoms with Crippen molar-refractivity contribution in [3.63, 3.8) is 0 Å². The molecule has 0 unspecified atom stereocenters. The lowest BCUT2D eigenvalue weighted by Crippen LogP contribution is -2.38. The number of pyridine rings is 1. The topological polar surface area (TPSA) is 54.5 Å². The molecule has 2 heterocycles. The molecule has 1 aromatic rings. The lowest BCUT2D eigenvalue weighted by atomic mass is 10.1. The minimum absolute atomic E-state index is 0.0542. The van der Waals surface area contributed by atoms with Gasteiger partial charge in [-0.2, -0.15) is 0 Å². The van der Waals surface area contributed by atoms with Crippen molar-refractivity contribution < 1.29 is 9.53 Å². The second-order valence-corrected chi connectivity index (χ2v) is 5.11. The SMILES string of the molecule is CC[C@H](C)C(=O)NCc1cccnc1N1CCOCC1. The van der Waals surface area contributed by atoms with Crippen LogP contribution in [0, 0.1) is 5.92 Å². The van der Waals surface area contributed by atoms with Crippen molar-refractivity contribution in [1.29, 1.82) is 0 Å². The Kier molecular flexibility index (Phi) is 5.35. The summed E-state index contributed by atoms with van der Waals surface area (Å²) in [4.78, 5) is 18.6. The Morgan fingerprint density at radius 2 is 2.25 bits per heavy atom. The maximum Gasteiger partial charge on any atom is 0.223 e. The molecule has 1 aliphatic heterocycles. The summed E-state index contributed by atoms with van der Waals surface area (Å²) in [6, 6.07) is 3.93. The van der Waals surface area contributed by atoms with Crippen LogP contribution in [0.2, 0.25) is 0 Å². The molecule has 0 saturated carbocycles. The second-order valence-electron chi connectivity index (χ2n) is 5.11. The first-order chi connectivity index (χ1) is 9.72. The van der Waals surface area contributed by atoms with E-state index in [1.807, 2.05) is 26.0 Å². The van der Waals surface area contributed by atoms with E-state index in [9.17, 15) is 4.79 Å². The van der Waals surface area contributed by atoms with Crippen molar-refractivity contribution in [2.45, 2.75) is 26.8 Å². The zero-order valence-electron chi connectivity index (χ0n) is 12.3. The zero-order chi connectivity index (χ0) is 14.4. The van der Waals surface area contributed by atoms with Crippen molar-refractivity contribution in [3.05, 3.63) is 23.9 Å². The van der Waals surface area contributed by atoms with E-state index in [4.69, 9.17) is 4.74 Å². The van der Waals surface area contributed by atoms with Crippen molar-refractivity contribution in [1.82, 2.24) is 10.3 Å². The summed E-state index contributed by atoms with van der Waals surface area (Å²) in [7, 11) is 0. The van der Waals surface area contributed by atoms with Gasteiger partial charge >= 0.3 is 0 Å². The monoisotopic (exact) mass is 277 g/mol. The van der Waals surface area contributed by atoms with Crippen LogP contribution in [0.5, 0.6) is 0 Å². The van der Waals surface area contributed by atoms with Crippen molar-refractivity contribution >= 4 is 11.7 Å². The predicted molar refractivity (Wildman–Crippen MR) is 78.6 cm³/mol. The number of rotatable bonds is 5. The number of hydrogen-bond acceptors (Lipinski definition) is 4. The van der Waals surface area contributed by atoms with Crippen molar-refractivity contribution in [3.8, 4) is 0 Å². The average molecular weight is 277 g/mol. The van der Waals surface area contributed by atoms with E-state index in [0.29, 0.717) is 6.54 Å². The fourth-order valence-electron chi connectivity index (χ4n) is 2.17. The van der Waals surface area contributed by atoms with Gasteiger partial charge in [-0.3, -0.25) is 4.79 Å².